The molecule has 22 heavy (non-hydrogen) atoms. The molecule has 0 spiro atoms. The number of nitrogens with zero attached hydrogens (tertiary/aromatic N) is 2. The zero-order valence-corrected chi connectivity index (χ0v) is 11.7. The molecule has 7 nitrogen and oxygen atoms in total. The van der Waals surface area contributed by atoms with Crippen molar-refractivity contribution < 1.29 is 9.21 Å². The van der Waals surface area contributed by atoms with Gasteiger partial charge in [-0.1, -0.05) is 6.07 Å². The summed E-state index contributed by atoms with van der Waals surface area (Å²) in [4.78, 5) is 30.6. The lowest BCUT2D eigenvalue weighted by atomic mass is 9.97. The van der Waals surface area contributed by atoms with E-state index in [0.717, 1.165) is 18.8 Å². The van der Waals surface area contributed by atoms with Crippen molar-refractivity contribution in [3.05, 3.63) is 47.0 Å². The Kier molecular flexibility index (Phi) is 2.85. The smallest absolute Gasteiger partial charge is 0.406 e. The first-order valence-corrected chi connectivity index (χ1v) is 7.13. The number of benzene rings is 1. The summed E-state index contributed by atoms with van der Waals surface area (Å²) in [6.07, 6.45) is 5.07. The number of fused-ring (bicyclic) bond motifs is 2. The lowest BCUT2D eigenvalue weighted by molar-refractivity contribution is -0.120. The van der Waals surface area contributed by atoms with Gasteiger partial charge in [-0.25, -0.2) is 9.78 Å². The average Bonchev–Trinajstić information content (AvgIpc) is 3.12. The number of para-hydroxylation sites is 1. The van der Waals surface area contributed by atoms with E-state index in [1.54, 1.807) is 24.4 Å². The van der Waals surface area contributed by atoms with Gasteiger partial charge in [0.1, 0.15) is 5.82 Å². The number of H-pyrrole nitrogens is 1. The summed E-state index contributed by atoms with van der Waals surface area (Å²) in [5, 5.41) is 2.86. The highest BCUT2D eigenvalue weighted by molar-refractivity contribution is 5.99. The summed E-state index contributed by atoms with van der Waals surface area (Å²) in [6, 6.07) is 5.21. The Morgan fingerprint density at radius 2 is 2.36 bits per heavy atom. The van der Waals surface area contributed by atoms with Gasteiger partial charge in [0.25, 0.3) is 0 Å². The first kappa shape index (κ1) is 12.9. The van der Waals surface area contributed by atoms with E-state index < -0.39 is 5.76 Å². The van der Waals surface area contributed by atoms with Gasteiger partial charge in [-0.15, -0.1) is 0 Å². The molecule has 0 radical (unpaired) electrons. The fourth-order valence-corrected chi connectivity index (χ4v) is 2.88. The van der Waals surface area contributed by atoms with Gasteiger partial charge in [-0.3, -0.25) is 9.78 Å². The van der Waals surface area contributed by atoms with E-state index in [9.17, 15) is 9.59 Å². The third-order valence-electron chi connectivity index (χ3n) is 4.02. The van der Waals surface area contributed by atoms with E-state index in [4.69, 9.17) is 4.42 Å². The summed E-state index contributed by atoms with van der Waals surface area (Å²) in [6.45, 7) is 0.789. The van der Waals surface area contributed by atoms with Crippen molar-refractivity contribution in [2.45, 2.75) is 19.4 Å². The fraction of sp³-hybridized carbons (Fsp3) is 0.267. The Labute approximate surface area is 125 Å². The van der Waals surface area contributed by atoms with Crippen LogP contribution in [0.4, 0.5) is 5.69 Å². The molecule has 1 aliphatic heterocycles. The van der Waals surface area contributed by atoms with Crippen LogP contribution in [0.1, 0.15) is 12.2 Å². The number of rotatable bonds is 2. The van der Waals surface area contributed by atoms with Gasteiger partial charge in [-0.05, 0) is 18.6 Å². The van der Waals surface area contributed by atoms with Crippen molar-refractivity contribution in [1.29, 1.82) is 0 Å². The topological polar surface area (TPSA) is 92.9 Å². The first-order valence-electron chi connectivity index (χ1n) is 7.13. The molecule has 1 unspecified atom stereocenters. The minimum absolute atomic E-state index is 0.0781. The van der Waals surface area contributed by atoms with Crippen LogP contribution in [0, 0.1) is 5.92 Å². The van der Waals surface area contributed by atoms with Crippen LogP contribution in [-0.4, -0.2) is 20.4 Å². The molecule has 1 amide bonds. The number of amides is 1. The molecule has 0 saturated carbocycles. The largest absolute Gasteiger partial charge is 0.417 e. The lowest BCUT2D eigenvalue weighted by Crippen LogP contribution is -2.30. The van der Waals surface area contributed by atoms with E-state index in [2.05, 4.69) is 19.9 Å². The van der Waals surface area contributed by atoms with Crippen LogP contribution in [0.25, 0.3) is 11.1 Å². The molecule has 0 saturated heterocycles. The Morgan fingerprint density at radius 1 is 1.45 bits per heavy atom. The molecule has 4 rings (SSSR count). The van der Waals surface area contributed by atoms with Crippen LogP contribution in [0.3, 0.4) is 0 Å². The molecule has 2 aromatic heterocycles. The third-order valence-corrected chi connectivity index (χ3v) is 4.02. The number of aryl methyl sites for hydroxylation is 1. The maximum atomic E-state index is 12.5. The third kappa shape index (κ3) is 2.11. The molecule has 3 heterocycles. The standard InChI is InChI=1S/C15H14N4O3/c20-14(9-4-6-19-7-5-16-12(19)8-9)17-10-2-1-3-11-13(10)22-15(21)18-11/h1-3,5,7,9H,4,6,8H2,(H,17,20)(H,18,21). The summed E-state index contributed by atoms with van der Waals surface area (Å²) in [7, 11) is 0. The fourth-order valence-electron chi connectivity index (χ4n) is 2.88. The number of hydrogen-bond donors (Lipinski definition) is 2. The number of oxazole rings is 1. The molecular formula is C15H14N4O3. The zero-order valence-electron chi connectivity index (χ0n) is 11.7. The predicted octanol–water partition coefficient (Wildman–Crippen LogP) is 1.52. The number of aromatic amines is 1. The Morgan fingerprint density at radius 3 is 3.27 bits per heavy atom. The normalized spacial score (nSPS) is 17.4. The van der Waals surface area contributed by atoms with Gasteiger partial charge in [0.2, 0.25) is 5.91 Å². The second-order valence-corrected chi connectivity index (χ2v) is 5.41. The van der Waals surface area contributed by atoms with Gasteiger partial charge in [0.05, 0.1) is 11.2 Å². The minimum atomic E-state index is -0.531. The summed E-state index contributed by atoms with van der Waals surface area (Å²) >= 11 is 0. The zero-order chi connectivity index (χ0) is 15.1. The van der Waals surface area contributed by atoms with Crippen LogP contribution in [0.15, 0.2) is 39.8 Å². The van der Waals surface area contributed by atoms with Gasteiger partial charge in [0, 0.05) is 31.3 Å². The number of hydrogen-bond acceptors (Lipinski definition) is 4. The van der Waals surface area contributed by atoms with Crippen molar-refractivity contribution in [3.8, 4) is 0 Å². The monoisotopic (exact) mass is 298 g/mol. The molecule has 1 atom stereocenters. The first-order chi connectivity index (χ1) is 10.7. The second-order valence-electron chi connectivity index (χ2n) is 5.41. The number of anilines is 1. The quantitative estimate of drug-likeness (QED) is 0.750. The highest BCUT2D eigenvalue weighted by Crippen LogP contribution is 2.24. The number of aromatic nitrogens is 3. The van der Waals surface area contributed by atoms with Crippen molar-refractivity contribution in [3.63, 3.8) is 0 Å². The molecule has 0 bridgehead atoms. The molecule has 0 fully saturated rings. The van der Waals surface area contributed by atoms with Crippen molar-refractivity contribution in [2.75, 3.05) is 5.32 Å². The molecule has 0 aliphatic carbocycles. The van der Waals surface area contributed by atoms with E-state index in [-0.39, 0.29) is 11.8 Å². The average molecular weight is 298 g/mol. The van der Waals surface area contributed by atoms with Crippen molar-refractivity contribution >= 4 is 22.7 Å². The van der Waals surface area contributed by atoms with Crippen molar-refractivity contribution in [1.82, 2.24) is 14.5 Å². The maximum Gasteiger partial charge on any atom is 0.417 e. The summed E-state index contributed by atoms with van der Waals surface area (Å²) in [5.74, 6) is 0.190. The predicted molar refractivity (Wildman–Crippen MR) is 79.5 cm³/mol. The molecule has 1 aromatic carbocycles. The SMILES string of the molecule is O=C(Nc1cccc2[nH]c(=O)oc12)C1CCn2ccnc2C1. The molecular weight excluding hydrogens is 284 g/mol. The van der Waals surface area contributed by atoms with E-state index in [0.29, 0.717) is 23.2 Å². The maximum absolute atomic E-state index is 12.5. The Hall–Kier alpha value is -2.83. The van der Waals surface area contributed by atoms with E-state index in [1.165, 1.54) is 0 Å². The van der Waals surface area contributed by atoms with Crippen molar-refractivity contribution in [2.24, 2.45) is 5.92 Å². The van der Waals surface area contributed by atoms with Crippen LogP contribution < -0.4 is 11.1 Å². The summed E-state index contributed by atoms with van der Waals surface area (Å²) < 4.78 is 7.15. The Balaban J connectivity index is 1.58. The molecule has 3 aromatic rings. The van der Waals surface area contributed by atoms with Gasteiger partial charge in [-0.2, -0.15) is 0 Å². The van der Waals surface area contributed by atoms with Crippen LogP contribution in [0.5, 0.6) is 0 Å². The second kappa shape index (κ2) is 4.87. The van der Waals surface area contributed by atoms with Crippen LogP contribution in [-0.2, 0) is 17.8 Å². The number of nitrogens with one attached hydrogen (secondary N) is 2. The molecule has 1 aliphatic rings. The van der Waals surface area contributed by atoms with Gasteiger partial charge >= 0.3 is 5.76 Å². The lowest BCUT2D eigenvalue weighted by Gasteiger charge is -2.22. The molecule has 2 N–H and O–H groups in total. The Bertz CT molecular complexity index is 905. The minimum Gasteiger partial charge on any atom is -0.406 e. The summed E-state index contributed by atoms with van der Waals surface area (Å²) in [5.41, 5.74) is 1.45. The number of imidazole rings is 1. The highest BCUT2D eigenvalue weighted by Gasteiger charge is 2.26. The van der Waals surface area contributed by atoms with Crippen LogP contribution >= 0.6 is 0 Å². The van der Waals surface area contributed by atoms with E-state index in [1.807, 2.05) is 6.20 Å². The number of carbonyl (C=O) groups is 1. The van der Waals surface area contributed by atoms with Gasteiger partial charge < -0.3 is 14.3 Å². The van der Waals surface area contributed by atoms with Crippen LogP contribution in [0.2, 0.25) is 0 Å². The van der Waals surface area contributed by atoms with Gasteiger partial charge in [0.15, 0.2) is 5.58 Å². The number of carbonyl (C=O) groups excluding carboxylic acids is 1. The highest BCUT2D eigenvalue weighted by atomic mass is 16.4. The van der Waals surface area contributed by atoms with E-state index >= 15 is 0 Å². The molecule has 112 valence electrons. The molecule has 7 heteroatoms.